The molecule has 1 aromatic carbocycles. The Morgan fingerprint density at radius 2 is 1.87 bits per heavy atom. The molecule has 2 aliphatic carbocycles. The van der Waals surface area contributed by atoms with Crippen molar-refractivity contribution in [1.82, 2.24) is 20.0 Å². The van der Waals surface area contributed by atoms with Gasteiger partial charge in [0.2, 0.25) is 5.91 Å². The minimum Gasteiger partial charge on any atom is -0.352 e. The van der Waals surface area contributed by atoms with Gasteiger partial charge in [0.25, 0.3) is 0 Å². The van der Waals surface area contributed by atoms with E-state index in [-0.39, 0.29) is 5.91 Å². The Kier molecular flexibility index (Phi) is 5.92. The summed E-state index contributed by atoms with van der Waals surface area (Å²) in [5, 5.41) is 8.19. The monoisotopic (exact) mass is 416 g/mol. The van der Waals surface area contributed by atoms with Gasteiger partial charge in [0.1, 0.15) is 6.54 Å². The van der Waals surface area contributed by atoms with E-state index in [1.165, 1.54) is 48.9 Å². The second kappa shape index (κ2) is 9.13. The zero-order valence-corrected chi connectivity index (χ0v) is 18.2. The molecule has 0 spiro atoms. The highest BCUT2D eigenvalue weighted by molar-refractivity contribution is 5.79. The third kappa shape index (κ3) is 5.09. The second-order valence-electron chi connectivity index (χ2n) is 9.18. The van der Waals surface area contributed by atoms with Crippen LogP contribution in [0, 0.1) is 0 Å². The fraction of sp³-hybridized carbons (Fsp3) is 0.462. The molecule has 2 aromatic rings. The molecule has 1 N–H and O–H groups in total. The lowest BCUT2D eigenvalue weighted by Crippen LogP contribution is -2.34. The van der Waals surface area contributed by atoms with Gasteiger partial charge in [0, 0.05) is 30.6 Å². The topological polar surface area (TPSA) is 50.2 Å². The van der Waals surface area contributed by atoms with Gasteiger partial charge in [-0.25, -0.2) is 0 Å². The number of amides is 1. The molecule has 5 rings (SSSR count). The summed E-state index contributed by atoms with van der Waals surface area (Å²) in [7, 11) is 0. The maximum absolute atomic E-state index is 12.2. The fourth-order valence-electron chi connectivity index (χ4n) is 4.72. The lowest BCUT2D eigenvalue weighted by Gasteiger charge is -2.24. The fourth-order valence-corrected chi connectivity index (χ4v) is 4.72. The summed E-state index contributed by atoms with van der Waals surface area (Å²) in [5.74, 6) is 0.0992. The average Bonchev–Trinajstić information content (AvgIpc) is 3.51. The number of hydrogen-bond donors (Lipinski definition) is 1. The highest BCUT2D eigenvalue weighted by atomic mass is 16.2. The molecule has 1 aromatic heterocycles. The largest absolute Gasteiger partial charge is 0.352 e. The molecule has 2 saturated carbocycles. The highest BCUT2D eigenvalue weighted by Crippen LogP contribution is 2.32. The van der Waals surface area contributed by atoms with Crippen LogP contribution in [-0.2, 0) is 11.2 Å². The number of hydrogen-bond acceptors (Lipinski definition) is 3. The molecule has 5 nitrogen and oxygen atoms in total. The summed E-state index contributed by atoms with van der Waals surface area (Å²) in [6.07, 6.45) is 16.6. The molecule has 5 heteroatoms. The van der Waals surface area contributed by atoms with Crippen LogP contribution in [0.4, 0.5) is 0 Å². The van der Waals surface area contributed by atoms with Gasteiger partial charge >= 0.3 is 0 Å². The third-order valence-corrected chi connectivity index (χ3v) is 6.52. The molecule has 0 saturated heterocycles. The molecular formula is C26H32N4O. The molecule has 31 heavy (non-hydrogen) atoms. The molecule has 0 radical (unpaired) electrons. The van der Waals surface area contributed by atoms with Crippen molar-refractivity contribution in [3.63, 3.8) is 0 Å². The van der Waals surface area contributed by atoms with Crippen molar-refractivity contribution >= 4 is 11.5 Å². The van der Waals surface area contributed by atoms with E-state index >= 15 is 0 Å². The molecule has 2 fully saturated rings. The minimum atomic E-state index is 0.0992. The maximum atomic E-state index is 12.2. The number of benzene rings is 1. The van der Waals surface area contributed by atoms with Gasteiger partial charge in [0.15, 0.2) is 0 Å². The van der Waals surface area contributed by atoms with Gasteiger partial charge in [-0.3, -0.25) is 9.48 Å². The molecule has 3 aliphatic rings. The summed E-state index contributed by atoms with van der Waals surface area (Å²) in [5.41, 5.74) is 4.85. The van der Waals surface area contributed by atoms with Gasteiger partial charge in [-0.1, -0.05) is 55.7 Å². The van der Waals surface area contributed by atoms with Crippen LogP contribution >= 0.6 is 0 Å². The van der Waals surface area contributed by atoms with Crippen LogP contribution < -0.4 is 5.32 Å². The first-order chi connectivity index (χ1) is 15.2. The van der Waals surface area contributed by atoms with Crippen molar-refractivity contribution in [3.05, 3.63) is 71.8 Å². The highest BCUT2D eigenvalue weighted by Gasteiger charge is 2.24. The first-order valence-corrected chi connectivity index (χ1v) is 11.8. The summed E-state index contributed by atoms with van der Waals surface area (Å²) >= 11 is 0. The van der Waals surface area contributed by atoms with Crippen LogP contribution in [-0.4, -0.2) is 33.2 Å². The summed E-state index contributed by atoms with van der Waals surface area (Å²) in [4.78, 5) is 14.2. The molecule has 1 amide bonds. The summed E-state index contributed by atoms with van der Waals surface area (Å²) in [6, 6.07) is 13.8. The molecule has 2 heterocycles. The molecule has 1 aliphatic heterocycles. The van der Waals surface area contributed by atoms with Gasteiger partial charge < -0.3 is 10.2 Å². The Morgan fingerprint density at radius 1 is 1.06 bits per heavy atom. The molecular weight excluding hydrogens is 384 g/mol. The maximum Gasteiger partial charge on any atom is 0.240 e. The first kappa shape index (κ1) is 20.1. The predicted molar refractivity (Wildman–Crippen MR) is 123 cm³/mol. The Morgan fingerprint density at radius 3 is 2.65 bits per heavy atom. The number of nitrogens with one attached hydrogen (secondary N) is 1. The van der Waals surface area contributed by atoms with E-state index in [2.05, 4.69) is 58.7 Å². The summed E-state index contributed by atoms with van der Waals surface area (Å²) in [6.45, 7) is 0.372. The van der Waals surface area contributed by atoms with E-state index in [9.17, 15) is 4.79 Å². The van der Waals surface area contributed by atoms with Crippen LogP contribution in [0.1, 0.15) is 74.4 Å². The molecule has 0 bridgehead atoms. The average molecular weight is 417 g/mol. The van der Waals surface area contributed by atoms with Crippen LogP contribution in [0.2, 0.25) is 0 Å². The van der Waals surface area contributed by atoms with E-state index in [0.717, 1.165) is 31.4 Å². The smallest absolute Gasteiger partial charge is 0.240 e. The van der Waals surface area contributed by atoms with Gasteiger partial charge in [-0.2, -0.15) is 5.10 Å². The van der Waals surface area contributed by atoms with E-state index in [1.54, 1.807) is 0 Å². The van der Waals surface area contributed by atoms with E-state index in [4.69, 9.17) is 5.10 Å². The van der Waals surface area contributed by atoms with E-state index in [0.29, 0.717) is 18.6 Å². The number of aromatic nitrogens is 2. The van der Waals surface area contributed by atoms with E-state index < -0.39 is 0 Å². The number of allylic oxidation sites excluding steroid dienone is 2. The van der Waals surface area contributed by atoms with Gasteiger partial charge in [0.05, 0.1) is 11.7 Å². The number of carbonyl (C=O) groups is 1. The SMILES string of the molecule is O=C(CN1C=CCC(c2cc(Cc3ccccc3)n(C3CCCCC3)n2)=C1)NC1CC1. The third-order valence-electron chi connectivity index (χ3n) is 6.52. The lowest BCUT2D eigenvalue weighted by atomic mass is 9.95. The molecule has 0 atom stereocenters. The zero-order valence-electron chi connectivity index (χ0n) is 18.2. The van der Waals surface area contributed by atoms with Crippen molar-refractivity contribution in [1.29, 1.82) is 0 Å². The van der Waals surface area contributed by atoms with E-state index in [1.807, 2.05) is 11.1 Å². The number of rotatable bonds is 7. The summed E-state index contributed by atoms with van der Waals surface area (Å²) < 4.78 is 2.31. The van der Waals surface area contributed by atoms with Crippen molar-refractivity contribution in [3.8, 4) is 0 Å². The minimum absolute atomic E-state index is 0.0992. The van der Waals surface area contributed by atoms with Crippen LogP contribution in [0.5, 0.6) is 0 Å². The van der Waals surface area contributed by atoms with Gasteiger partial charge in [-0.15, -0.1) is 0 Å². The quantitative estimate of drug-likeness (QED) is 0.704. The van der Waals surface area contributed by atoms with Crippen LogP contribution in [0.15, 0.2) is 54.9 Å². The van der Waals surface area contributed by atoms with Crippen molar-refractivity contribution in [2.45, 2.75) is 69.9 Å². The van der Waals surface area contributed by atoms with Crippen LogP contribution in [0.25, 0.3) is 5.57 Å². The molecule has 0 unspecified atom stereocenters. The Balaban J connectivity index is 1.38. The lowest BCUT2D eigenvalue weighted by molar-refractivity contribution is -0.121. The number of nitrogens with zero attached hydrogens (tertiary/aromatic N) is 3. The Bertz CT molecular complexity index is 965. The number of carbonyl (C=O) groups excluding carboxylic acids is 1. The van der Waals surface area contributed by atoms with Crippen molar-refractivity contribution in [2.75, 3.05) is 6.54 Å². The molecule has 162 valence electrons. The normalized spacial score (nSPS) is 19.4. The zero-order chi connectivity index (χ0) is 21.0. The Labute approximate surface area is 184 Å². The first-order valence-electron chi connectivity index (χ1n) is 11.8. The second-order valence-corrected chi connectivity index (χ2v) is 9.18. The predicted octanol–water partition coefficient (Wildman–Crippen LogP) is 4.82. The van der Waals surface area contributed by atoms with Crippen molar-refractivity contribution < 1.29 is 4.79 Å². The van der Waals surface area contributed by atoms with Crippen LogP contribution in [0.3, 0.4) is 0 Å². The van der Waals surface area contributed by atoms with Gasteiger partial charge in [-0.05, 0) is 49.3 Å². The standard InChI is InChI=1S/C26H32N4O/c31-26(27-22-13-14-22)19-29-15-7-10-21(18-29)25-17-24(16-20-8-3-1-4-9-20)30(28-25)23-11-5-2-6-12-23/h1,3-4,7-9,15,17-18,22-23H,2,5-6,10-14,16,19H2,(H,27,31). The van der Waals surface area contributed by atoms with Crippen molar-refractivity contribution in [2.24, 2.45) is 0 Å². The Hall–Kier alpha value is -2.82.